The van der Waals surface area contributed by atoms with E-state index in [-0.39, 0.29) is 23.9 Å². The molecule has 2 aliphatic carbocycles. The smallest absolute Gasteiger partial charge is 0.247 e. The van der Waals surface area contributed by atoms with Crippen molar-refractivity contribution in [1.29, 1.82) is 0 Å². The van der Waals surface area contributed by atoms with Crippen molar-refractivity contribution in [2.75, 3.05) is 0 Å². The molecule has 1 aromatic carbocycles. The van der Waals surface area contributed by atoms with Crippen molar-refractivity contribution in [2.45, 2.75) is 76.4 Å². The quantitative estimate of drug-likeness (QED) is 0.714. The molecule has 4 rings (SSSR count). The number of hydrogen-bond acceptors (Lipinski definition) is 3. The zero-order valence-corrected chi connectivity index (χ0v) is 17.9. The molecule has 2 aromatic rings. The fraction of sp³-hybridized carbons (Fsp3) is 0.500. The van der Waals surface area contributed by atoms with Crippen LogP contribution in [0.3, 0.4) is 0 Å². The van der Waals surface area contributed by atoms with Crippen LogP contribution in [-0.4, -0.2) is 28.8 Å². The van der Waals surface area contributed by atoms with Gasteiger partial charge in [-0.05, 0) is 49.6 Å². The summed E-state index contributed by atoms with van der Waals surface area (Å²) in [4.78, 5) is 29.7. The van der Waals surface area contributed by atoms with Crippen LogP contribution in [0, 0.1) is 6.92 Å². The van der Waals surface area contributed by atoms with Crippen LogP contribution in [0.2, 0.25) is 0 Å². The third-order valence-electron chi connectivity index (χ3n) is 6.00. The number of rotatable bonds is 7. The SMILES string of the molecule is Cc1ccc([C@H](C(=O)NC2CCCCC2)N(C(=O)Cc2cccs2)C2CC2)cc1. The van der Waals surface area contributed by atoms with E-state index in [1.807, 2.05) is 53.6 Å². The number of aryl methyl sites for hydroxylation is 1. The molecule has 0 radical (unpaired) electrons. The average molecular weight is 411 g/mol. The molecule has 2 amide bonds. The Kier molecular flexibility index (Phi) is 6.34. The third-order valence-corrected chi connectivity index (χ3v) is 6.88. The molecule has 0 saturated heterocycles. The van der Waals surface area contributed by atoms with E-state index in [0.717, 1.165) is 41.7 Å². The highest BCUT2D eigenvalue weighted by Gasteiger charge is 2.41. The highest BCUT2D eigenvalue weighted by molar-refractivity contribution is 7.10. The van der Waals surface area contributed by atoms with Crippen molar-refractivity contribution in [3.05, 3.63) is 57.8 Å². The molecule has 1 heterocycles. The van der Waals surface area contributed by atoms with Gasteiger partial charge in [-0.25, -0.2) is 0 Å². The maximum atomic E-state index is 13.5. The molecule has 2 saturated carbocycles. The van der Waals surface area contributed by atoms with E-state index in [0.29, 0.717) is 6.42 Å². The predicted octanol–water partition coefficient (Wildman–Crippen LogP) is 4.78. The normalized spacial score (nSPS) is 18.2. The second-order valence-corrected chi connectivity index (χ2v) is 9.48. The largest absolute Gasteiger partial charge is 0.351 e. The summed E-state index contributed by atoms with van der Waals surface area (Å²) in [5.41, 5.74) is 2.07. The van der Waals surface area contributed by atoms with E-state index in [1.54, 1.807) is 11.3 Å². The molecule has 2 aliphatic rings. The minimum atomic E-state index is -0.544. The monoisotopic (exact) mass is 410 g/mol. The van der Waals surface area contributed by atoms with Crippen LogP contribution >= 0.6 is 11.3 Å². The summed E-state index contributed by atoms with van der Waals surface area (Å²) < 4.78 is 0. The summed E-state index contributed by atoms with van der Waals surface area (Å²) in [5, 5.41) is 5.28. The van der Waals surface area contributed by atoms with Crippen LogP contribution in [-0.2, 0) is 16.0 Å². The molecule has 154 valence electrons. The number of hydrogen-bond donors (Lipinski definition) is 1. The first-order chi connectivity index (χ1) is 14.1. The molecule has 0 bridgehead atoms. The molecule has 1 atom stereocenters. The lowest BCUT2D eigenvalue weighted by Crippen LogP contribution is -2.48. The number of carbonyl (C=O) groups is 2. The van der Waals surface area contributed by atoms with Gasteiger partial charge in [0, 0.05) is 17.0 Å². The lowest BCUT2D eigenvalue weighted by molar-refractivity contribution is -0.141. The van der Waals surface area contributed by atoms with Crippen molar-refractivity contribution in [3.63, 3.8) is 0 Å². The minimum absolute atomic E-state index is 0.0211. The van der Waals surface area contributed by atoms with Gasteiger partial charge < -0.3 is 10.2 Å². The lowest BCUT2D eigenvalue weighted by Gasteiger charge is -2.33. The van der Waals surface area contributed by atoms with Crippen molar-refractivity contribution in [3.8, 4) is 0 Å². The molecular weight excluding hydrogens is 380 g/mol. The van der Waals surface area contributed by atoms with E-state index in [2.05, 4.69) is 5.32 Å². The van der Waals surface area contributed by atoms with Crippen LogP contribution in [0.25, 0.3) is 0 Å². The van der Waals surface area contributed by atoms with Crippen molar-refractivity contribution < 1.29 is 9.59 Å². The van der Waals surface area contributed by atoms with Gasteiger partial charge in [0.1, 0.15) is 6.04 Å². The number of thiophene rings is 1. The van der Waals surface area contributed by atoms with E-state index < -0.39 is 6.04 Å². The first-order valence-corrected chi connectivity index (χ1v) is 11.7. The Bertz CT molecular complexity index is 821. The fourth-order valence-electron chi connectivity index (χ4n) is 4.28. The first kappa shape index (κ1) is 20.1. The first-order valence-electron chi connectivity index (χ1n) is 10.8. The van der Waals surface area contributed by atoms with Gasteiger partial charge in [0.05, 0.1) is 6.42 Å². The zero-order valence-electron chi connectivity index (χ0n) is 17.1. The Morgan fingerprint density at radius 3 is 2.41 bits per heavy atom. The number of amides is 2. The van der Waals surface area contributed by atoms with Gasteiger partial charge in [0.15, 0.2) is 0 Å². The second-order valence-electron chi connectivity index (χ2n) is 8.45. The van der Waals surface area contributed by atoms with E-state index in [9.17, 15) is 9.59 Å². The minimum Gasteiger partial charge on any atom is -0.351 e. The van der Waals surface area contributed by atoms with Crippen molar-refractivity contribution in [1.82, 2.24) is 10.2 Å². The van der Waals surface area contributed by atoms with E-state index in [1.165, 1.54) is 19.3 Å². The maximum Gasteiger partial charge on any atom is 0.247 e. The Labute approximate surface area is 177 Å². The number of benzene rings is 1. The average Bonchev–Trinajstić information content (AvgIpc) is 3.43. The molecule has 1 aromatic heterocycles. The van der Waals surface area contributed by atoms with E-state index in [4.69, 9.17) is 0 Å². The number of nitrogens with one attached hydrogen (secondary N) is 1. The molecule has 29 heavy (non-hydrogen) atoms. The molecule has 2 fully saturated rings. The Morgan fingerprint density at radius 1 is 1.07 bits per heavy atom. The molecular formula is C24H30N2O2S. The summed E-state index contributed by atoms with van der Waals surface area (Å²) in [6.45, 7) is 2.04. The van der Waals surface area contributed by atoms with Crippen LogP contribution < -0.4 is 5.32 Å². The maximum absolute atomic E-state index is 13.5. The van der Waals surface area contributed by atoms with Gasteiger partial charge in [0.2, 0.25) is 11.8 Å². The second kappa shape index (κ2) is 9.12. The molecule has 0 unspecified atom stereocenters. The Hall–Kier alpha value is -2.14. The summed E-state index contributed by atoms with van der Waals surface area (Å²) >= 11 is 1.60. The number of nitrogens with zero attached hydrogens (tertiary/aromatic N) is 1. The predicted molar refractivity (Wildman–Crippen MR) is 117 cm³/mol. The topological polar surface area (TPSA) is 49.4 Å². The molecule has 0 spiro atoms. The zero-order chi connectivity index (χ0) is 20.2. The van der Waals surface area contributed by atoms with Crippen LogP contribution in [0.5, 0.6) is 0 Å². The van der Waals surface area contributed by atoms with Gasteiger partial charge in [-0.1, -0.05) is 55.2 Å². The highest BCUT2D eigenvalue weighted by atomic mass is 32.1. The van der Waals surface area contributed by atoms with Crippen LogP contribution in [0.4, 0.5) is 0 Å². The summed E-state index contributed by atoms with van der Waals surface area (Å²) in [7, 11) is 0. The summed E-state index contributed by atoms with van der Waals surface area (Å²) in [6, 6.07) is 11.9. The molecule has 4 nitrogen and oxygen atoms in total. The Balaban J connectivity index is 1.60. The van der Waals surface area contributed by atoms with Crippen LogP contribution in [0.1, 0.15) is 67.0 Å². The summed E-state index contributed by atoms with van der Waals surface area (Å²) in [5.74, 6) is 0.0338. The Morgan fingerprint density at radius 2 is 1.79 bits per heavy atom. The van der Waals surface area contributed by atoms with Gasteiger partial charge >= 0.3 is 0 Å². The number of carbonyl (C=O) groups excluding carboxylic acids is 2. The van der Waals surface area contributed by atoms with Crippen LogP contribution in [0.15, 0.2) is 41.8 Å². The van der Waals surface area contributed by atoms with Gasteiger partial charge in [-0.15, -0.1) is 11.3 Å². The molecule has 5 heteroatoms. The molecule has 1 N–H and O–H groups in total. The van der Waals surface area contributed by atoms with Gasteiger partial charge in [-0.3, -0.25) is 9.59 Å². The highest BCUT2D eigenvalue weighted by Crippen LogP contribution is 2.36. The van der Waals surface area contributed by atoms with Gasteiger partial charge in [-0.2, -0.15) is 0 Å². The van der Waals surface area contributed by atoms with Gasteiger partial charge in [0.25, 0.3) is 0 Å². The lowest BCUT2D eigenvalue weighted by atomic mass is 9.94. The standard InChI is InChI=1S/C24H30N2O2S/c1-17-9-11-18(12-10-17)23(24(28)25-19-6-3-2-4-7-19)26(20-13-14-20)22(27)16-21-8-5-15-29-21/h5,8-12,15,19-20,23H,2-4,6-7,13-14,16H2,1H3,(H,25,28)/t23-/m1/s1. The summed E-state index contributed by atoms with van der Waals surface area (Å²) in [6.07, 6.45) is 8.00. The fourth-order valence-corrected chi connectivity index (χ4v) is 4.97. The van der Waals surface area contributed by atoms with Crippen molar-refractivity contribution in [2.24, 2.45) is 0 Å². The third kappa shape index (κ3) is 5.08. The molecule has 0 aliphatic heterocycles. The van der Waals surface area contributed by atoms with Crippen molar-refractivity contribution >= 4 is 23.2 Å². The van der Waals surface area contributed by atoms with E-state index >= 15 is 0 Å².